The molecule has 0 spiro atoms. The monoisotopic (exact) mass is 458 g/mol. The zero-order valence-corrected chi connectivity index (χ0v) is 18.1. The van der Waals surface area contributed by atoms with Gasteiger partial charge in [0.15, 0.2) is 5.11 Å². The SMILES string of the molecule is Cc1cc(NC(=S)NC(=O)c2ccc(N3CCCCC3)c([N+](=O)[O-])c2)cc(C(=O)O)c1O. The van der Waals surface area contributed by atoms with Gasteiger partial charge in [0.1, 0.15) is 17.0 Å². The van der Waals surface area contributed by atoms with Gasteiger partial charge in [-0.3, -0.25) is 20.2 Å². The number of aryl methyl sites for hydroxylation is 1. The van der Waals surface area contributed by atoms with E-state index in [1.165, 1.54) is 31.2 Å². The van der Waals surface area contributed by atoms with E-state index in [-0.39, 0.29) is 33.4 Å². The van der Waals surface area contributed by atoms with Crippen molar-refractivity contribution in [1.29, 1.82) is 0 Å². The molecule has 10 nitrogen and oxygen atoms in total. The molecule has 0 radical (unpaired) electrons. The number of hydrogen-bond donors (Lipinski definition) is 4. The Bertz CT molecular complexity index is 1100. The van der Waals surface area contributed by atoms with E-state index < -0.39 is 16.8 Å². The highest BCUT2D eigenvalue weighted by Crippen LogP contribution is 2.31. The Hall–Kier alpha value is -3.73. The Morgan fingerprint density at radius 1 is 1.16 bits per heavy atom. The van der Waals surface area contributed by atoms with Gasteiger partial charge in [0, 0.05) is 30.4 Å². The number of carbonyl (C=O) groups is 2. The zero-order valence-electron chi connectivity index (χ0n) is 17.3. The number of nitrogens with one attached hydrogen (secondary N) is 2. The number of nitro benzene ring substituents is 1. The van der Waals surface area contributed by atoms with Gasteiger partial charge in [0.05, 0.1) is 4.92 Å². The van der Waals surface area contributed by atoms with Crippen LogP contribution in [0.15, 0.2) is 30.3 Å². The van der Waals surface area contributed by atoms with Gasteiger partial charge in [-0.2, -0.15) is 0 Å². The predicted octanol–water partition coefficient (Wildman–Crippen LogP) is 3.42. The first kappa shape index (κ1) is 22.9. The Labute approximate surface area is 189 Å². The van der Waals surface area contributed by atoms with E-state index in [9.17, 15) is 29.9 Å². The summed E-state index contributed by atoms with van der Waals surface area (Å²) in [5.74, 6) is -2.32. The third-order valence-corrected chi connectivity index (χ3v) is 5.35. The van der Waals surface area contributed by atoms with Crippen molar-refractivity contribution in [2.75, 3.05) is 23.3 Å². The van der Waals surface area contributed by atoms with E-state index in [1.54, 1.807) is 6.07 Å². The van der Waals surface area contributed by atoms with Gasteiger partial charge in [-0.05, 0) is 68.2 Å². The number of carboxylic acid groups (broad SMARTS) is 1. The quantitative estimate of drug-likeness (QED) is 0.229. The molecular weight excluding hydrogens is 436 g/mol. The summed E-state index contributed by atoms with van der Waals surface area (Å²) in [6.07, 6.45) is 3.00. The van der Waals surface area contributed by atoms with Gasteiger partial charge in [-0.25, -0.2) is 4.79 Å². The van der Waals surface area contributed by atoms with Crippen LogP contribution in [0.25, 0.3) is 0 Å². The molecule has 0 aromatic heterocycles. The van der Waals surface area contributed by atoms with Gasteiger partial charge < -0.3 is 20.4 Å². The Morgan fingerprint density at radius 2 is 1.84 bits per heavy atom. The maximum atomic E-state index is 12.6. The summed E-state index contributed by atoms with van der Waals surface area (Å²) in [6, 6.07) is 6.94. The van der Waals surface area contributed by atoms with Crippen LogP contribution in [0.4, 0.5) is 17.1 Å². The number of nitrogens with zero attached hydrogens (tertiary/aromatic N) is 2. The normalized spacial score (nSPS) is 13.3. The average molecular weight is 458 g/mol. The minimum absolute atomic E-state index is 0.0646. The summed E-state index contributed by atoms with van der Waals surface area (Å²) in [4.78, 5) is 36.9. The van der Waals surface area contributed by atoms with Crippen LogP contribution < -0.4 is 15.5 Å². The van der Waals surface area contributed by atoms with Crippen molar-refractivity contribution in [2.24, 2.45) is 0 Å². The lowest BCUT2D eigenvalue weighted by Crippen LogP contribution is -2.34. The Kier molecular flexibility index (Phi) is 6.89. The molecular formula is C21H22N4O6S. The highest BCUT2D eigenvalue weighted by Gasteiger charge is 2.23. The molecule has 1 amide bonds. The molecule has 0 unspecified atom stereocenters. The summed E-state index contributed by atoms with van der Waals surface area (Å²) in [7, 11) is 0. The van der Waals surface area contributed by atoms with Crippen LogP contribution in [0, 0.1) is 17.0 Å². The van der Waals surface area contributed by atoms with E-state index in [0.29, 0.717) is 11.3 Å². The average Bonchev–Trinajstić information content (AvgIpc) is 2.75. The number of benzene rings is 2. The van der Waals surface area contributed by atoms with Gasteiger partial charge in [-0.15, -0.1) is 0 Å². The largest absolute Gasteiger partial charge is 0.507 e. The first-order chi connectivity index (χ1) is 15.2. The van der Waals surface area contributed by atoms with Crippen molar-refractivity contribution < 1.29 is 24.7 Å². The highest BCUT2D eigenvalue weighted by atomic mass is 32.1. The van der Waals surface area contributed by atoms with E-state index in [2.05, 4.69) is 10.6 Å². The van der Waals surface area contributed by atoms with Gasteiger partial charge in [0.2, 0.25) is 0 Å². The van der Waals surface area contributed by atoms with Crippen LogP contribution >= 0.6 is 12.2 Å². The summed E-state index contributed by atoms with van der Waals surface area (Å²) < 4.78 is 0. The van der Waals surface area contributed by atoms with Crippen molar-refractivity contribution in [2.45, 2.75) is 26.2 Å². The van der Waals surface area contributed by atoms with Crippen LogP contribution in [0.5, 0.6) is 5.75 Å². The molecule has 0 atom stereocenters. The minimum Gasteiger partial charge on any atom is -0.507 e. The first-order valence-electron chi connectivity index (χ1n) is 9.90. The number of anilines is 2. The number of hydrogen-bond acceptors (Lipinski definition) is 7. The summed E-state index contributed by atoms with van der Waals surface area (Å²) >= 11 is 5.11. The number of phenols is 1. The van der Waals surface area contributed by atoms with Gasteiger partial charge in [0.25, 0.3) is 11.6 Å². The Morgan fingerprint density at radius 3 is 2.47 bits per heavy atom. The molecule has 0 aliphatic carbocycles. The number of aromatic hydroxyl groups is 1. The molecule has 3 rings (SSSR count). The topological polar surface area (TPSA) is 145 Å². The standard InChI is InChI=1S/C21H22N4O6S/c1-12-9-14(11-15(18(12)26)20(28)29)22-21(32)23-19(27)13-5-6-16(17(10-13)25(30)31)24-7-3-2-4-8-24/h5-6,9-11,26H,2-4,7-8H2,1H3,(H,28,29)(H2,22,23,27,32). The second-order valence-corrected chi connectivity index (χ2v) is 7.82. The lowest BCUT2D eigenvalue weighted by molar-refractivity contribution is -0.384. The fourth-order valence-corrected chi connectivity index (χ4v) is 3.78. The summed E-state index contributed by atoms with van der Waals surface area (Å²) in [6.45, 7) is 2.98. The van der Waals surface area contributed by atoms with Crippen LogP contribution in [-0.4, -0.2) is 45.2 Å². The van der Waals surface area contributed by atoms with Gasteiger partial charge in [-0.1, -0.05) is 0 Å². The third kappa shape index (κ3) is 5.11. The molecule has 11 heteroatoms. The molecule has 1 heterocycles. The molecule has 1 aliphatic heterocycles. The first-order valence-corrected chi connectivity index (χ1v) is 10.3. The predicted molar refractivity (Wildman–Crippen MR) is 123 cm³/mol. The number of rotatable bonds is 5. The molecule has 0 saturated carbocycles. The molecule has 32 heavy (non-hydrogen) atoms. The van der Waals surface area contributed by atoms with Crippen LogP contribution in [0.3, 0.4) is 0 Å². The molecule has 1 saturated heterocycles. The van der Waals surface area contributed by atoms with Crippen molar-refractivity contribution in [1.82, 2.24) is 5.32 Å². The minimum atomic E-state index is -1.31. The molecule has 2 aromatic rings. The van der Waals surface area contributed by atoms with Crippen LogP contribution in [-0.2, 0) is 0 Å². The third-order valence-electron chi connectivity index (χ3n) is 5.15. The Balaban J connectivity index is 1.75. The number of carbonyl (C=O) groups excluding carboxylic acids is 1. The van der Waals surface area contributed by atoms with E-state index in [1.807, 2.05) is 4.90 Å². The summed E-state index contributed by atoms with van der Waals surface area (Å²) in [5, 5.41) is 35.6. The van der Waals surface area contributed by atoms with Crippen molar-refractivity contribution >= 4 is 46.3 Å². The molecule has 0 bridgehead atoms. The lowest BCUT2D eigenvalue weighted by atomic mass is 10.1. The number of amides is 1. The van der Waals surface area contributed by atoms with Crippen molar-refractivity contribution in [3.8, 4) is 5.75 Å². The van der Waals surface area contributed by atoms with Crippen molar-refractivity contribution in [3.63, 3.8) is 0 Å². The lowest BCUT2D eigenvalue weighted by Gasteiger charge is -2.28. The van der Waals surface area contributed by atoms with E-state index in [4.69, 9.17) is 12.2 Å². The van der Waals surface area contributed by atoms with E-state index >= 15 is 0 Å². The van der Waals surface area contributed by atoms with Crippen LogP contribution in [0.1, 0.15) is 45.5 Å². The molecule has 1 fully saturated rings. The number of piperidine rings is 1. The maximum absolute atomic E-state index is 12.6. The number of nitro groups is 1. The second-order valence-electron chi connectivity index (χ2n) is 7.41. The van der Waals surface area contributed by atoms with E-state index in [0.717, 1.165) is 32.4 Å². The zero-order chi connectivity index (χ0) is 23.4. The molecule has 168 valence electrons. The summed E-state index contributed by atoms with van der Waals surface area (Å²) in [5.41, 5.74) is 0.645. The highest BCUT2D eigenvalue weighted by molar-refractivity contribution is 7.80. The molecule has 4 N–H and O–H groups in total. The maximum Gasteiger partial charge on any atom is 0.339 e. The van der Waals surface area contributed by atoms with Crippen LogP contribution in [0.2, 0.25) is 0 Å². The van der Waals surface area contributed by atoms with Gasteiger partial charge >= 0.3 is 5.97 Å². The number of thiocarbonyl (C=S) groups is 1. The molecule has 2 aromatic carbocycles. The second kappa shape index (κ2) is 9.60. The molecule has 1 aliphatic rings. The smallest absolute Gasteiger partial charge is 0.339 e. The van der Waals surface area contributed by atoms with Crippen molar-refractivity contribution in [3.05, 3.63) is 57.1 Å². The fraction of sp³-hybridized carbons (Fsp3) is 0.286. The number of aromatic carboxylic acids is 1. The number of carboxylic acids is 1. The fourth-order valence-electron chi connectivity index (χ4n) is 3.57.